The van der Waals surface area contributed by atoms with Crippen molar-refractivity contribution in [3.63, 3.8) is 0 Å². The van der Waals surface area contributed by atoms with Gasteiger partial charge in [-0.15, -0.1) is 13.2 Å². The molecule has 1 aliphatic heterocycles. The lowest BCUT2D eigenvalue weighted by Gasteiger charge is -2.08. The average molecular weight is 154 g/mol. The Morgan fingerprint density at radius 1 is 1.50 bits per heavy atom. The van der Waals surface area contributed by atoms with Crippen LogP contribution >= 0.6 is 0 Å². The first-order valence-electron chi connectivity index (χ1n) is 2.33. The van der Waals surface area contributed by atoms with Gasteiger partial charge in [0.15, 0.2) is 13.0 Å². The molecule has 0 aliphatic carbocycles. The number of ether oxygens (including phenoxy) is 2. The quantitative estimate of drug-likeness (QED) is 0.565. The van der Waals surface area contributed by atoms with E-state index in [1.807, 2.05) is 0 Å². The van der Waals surface area contributed by atoms with Gasteiger partial charge in [-0.2, -0.15) is 0 Å². The molecule has 1 radical (unpaired) electrons. The molecule has 0 bridgehead atoms. The second kappa shape index (κ2) is 2.45. The van der Waals surface area contributed by atoms with E-state index in [1.54, 1.807) is 0 Å². The van der Waals surface area contributed by atoms with Crippen molar-refractivity contribution in [3.05, 3.63) is 6.61 Å². The predicted molar refractivity (Wildman–Crippen MR) is 24.8 cm³/mol. The summed E-state index contributed by atoms with van der Waals surface area (Å²) in [6.45, 7) is 0.841. The zero-order valence-electron chi connectivity index (χ0n) is 4.63. The van der Waals surface area contributed by atoms with E-state index in [1.165, 1.54) is 0 Å². The fourth-order valence-corrected chi connectivity index (χ4v) is 0.428. The van der Waals surface area contributed by atoms with Crippen LogP contribution < -0.4 is 0 Å². The first-order valence-corrected chi connectivity index (χ1v) is 2.33. The second-order valence-corrected chi connectivity index (χ2v) is 1.48. The molecule has 1 rings (SSSR count). The summed E-state index contributed by atoms with van der Waals surface area (Å²) in [6, 6.07) is 0. The molecule has 0 aromatic rings. The predicted octanol–water partition coefficient (Wildman–Crippen LogP) is 1.07. The summed E-state index contributed by atoms with van der Waals surface area (Å²) in [5, 5.41) is 0. The summed E-state index contributed by atoms with van der Waals surface area (Å²) in [7, 11) is 0. The lowest BCUT2D eigenvalue weighted by atomic mass is 10.6. The third-order valence-corrected chi connectivity index (χ3v) is 0.718. The molecule has 1 unspecified atom stereocenters. The number of halogens is 3. The van der Waals surface area contributed by atoms with Crippen LogP contribution in [0.3, 0.4) is 0 Å². The summed E-state index contributed by atoms with van der Waals surface area (Å²) >= 11 is 0. The van der Waals surface area contributed by atoms with Crippen molar-refractivity contribution in [2.24, 2.45) is 4.99 Å². The minimum absolute atomic E-state index is 0.841. The number of hydrogen-bond acceptors (Lipinski definition) is 3. The molecule has 0 spiro atoms. The summed E-state index contributed by atoms with van der Waals surface area (Å²) in [4.78, 5) is 3.18. The van der Waals surface area contributed by atoms with Gasteiger partial charge in [-0.3, -0.25) is 4.74 Å². The van der Waals surface area contributed by atoms with E-state index < -0.39 is 12.6 Å². The van der Waals surface area contributed by atoms with E-state index in [4.69, 9.17) is 0 Å². The molecule has 0 fully saturated rings. The highest BCUT2D eigenvalue weighted by molar-refractivity contribution is 5.49. The van der Waals surface area contributed by atoms with Crippen molar-refractivity contribution in [2.75, 3.05) is 0 Å². The van der Waals surface area contributed by atoms with Crippen LogP contribution in [0.15, 0.2) is 4.99 Å². The molecule has 0 N–H and O–H groups in total. The van der Waals surface area contributed by atoms with Crippen LogP contribution in [0, 0.1) is 6.61 Å². The number of aliphatic imine (C=N–C) groups is 1. The molecule has 57 valence electrons. The number of hydrogen-bond donors (Lipinski definition) is 0. The largest absolute Gasteiger partial charge is 0.524 e. The Morgan fingerprint density at radius 3 is 2.60 bits per heavy atom. The molecule has 6 heteroatoms. The molecule has 1 heterocycles. The average Bonchev–Trinajstić information content (AvgIpc) is 2.12. The van der Waals surface area contributed by atoms with Gasteiger partial charge >= 0.3 is 6.36 Å². The van der Waals surface area contributed by atoms with Gasteiger partial charge in [-0.25, -0.2) is 4.99 Å². The molecule has 1 atom stereocenters. The van der Waals surface area contributed by atoms with Crippen LogP contribution in [0.1, 0.15) is 0 Å². The minimum Gasteiger partial charge on any atom is -0.471 e. The monoisotopic (exact) mass is 154 g/mol. The van der Waals surface area contributed by atoms with Crippen molar-refractivity contribution in [1.82, 2.24) is 0 Å². The maximum absolute atomic E-state index is 11.3. The van der Waals surface area contributed by atoms with Crippen molar-refractivity contribution >= 4 is 6.40 Å². The molecule has 0 saturated carbocycles. The zero-order chi connectivity index (χ0) is 7.61. The highest BCUT2D eigenvalue weighted by Gasteiger charge is 2.34. The Balaban J connectivity index is 2.31. The Labute approximate surface area is 54.4 Å². The van der Waals surface area contributed by atoms with Crippen molar-refractivity contribution in [2.45, 2.75) is 12.6 Å². The summed E-state index contributed by atoms with van der Waals surface area (Å²) < 4.78 is 41.7. The van der Waals surface area contributed by atoms with E-state index in [2.05, 4.69) is 14.5 Å². The van der Waals surface area contributed by atoms with E-state index in [9.17, 15) is 13.2 Å². The maximum atomic E-state index is 11.3. The Morgan fingerprint density at radius 2 is 2.20 bits per heavy atom. The lowest BCUT2D eigenvalue weighted by Crippen LogP contribution is -2.20. The van der Waals surface area contributed by atoms with E-state index in [0.717, 1.165) is 13.0 Å². The molecule has 0 saturated heterocycles. The second-order valence-electron chi connectivity index (χ2n) is 1.48. The summed E-state index contributed by atoms with van der Waals surface area (Å²) in [5.74, 6) is 0. The summed E-state index contributed by atoms with van der Waals surface area (Å²) in [6.07, 6.45) is -5.12. The number of alkyl halides is 3. The first kappa shape index (κ1) is 7.33. The molecular weight excluding hydrogens is 151 g/mol. The third-order valence-electron chi connectivity index (χ3n) is 0.718. The van der Waals surface area contributed by atoms with E-state index >= 15 is 0 Å². The zero-order valence-corrected chi connectivity index (χ0v) is 4.63. The van der Waals surface area contributed by atoms with Crippen molar-refractivity contribution in [1.29, 1.82) is 0 Å². The van der Waals surface area contributed by atoms with E-state index in [-0.39, 0.29) is 0 Å². The van der Waals surface area contributed by atoms with Crippen molar-refractivity contribution < 1.29 is 22.6 Å². The number of rotatable bonds is 1. The molecule has 3 nitrogen and oxygen atoms in total. The van der Waals surface area contributed by atoms with Crippen LogP contribution in [0.4, 0.5) is 13.2 Å². The van der Waals surface area contributed by atoms with Crippen LogP contribution in [0.25, 0.3) is 0 Å². The highest BCUT2D eigenvalue weighted by atomic mass is 19.4. The van der Waals surface area contributed by atoms with Crippen LogP contribution in [0.5, 0.6) is 0 Å². The standard InChI is InChI=1S/C4H3F3NO2/c5-4(6,7)10-3-1-9-2-8-3/h1-3H. The lowest BCUT2D eigenvalue weighted by molar-refractivity contribution is -0.338. The van der Waals surface area contributed by atoms with Gasteiger partial charge in [0.25, 0.3) is 0 Å². The van der Waals surface area contributed by atoms with Crippen LogP contribution in [-0.2, 0) is 9.47 Å². The highest BCUT2D eigenvalue weighted by Crippen LogP contribution is 2.21. The molecular formula is C4H3F3NO2. The fraction of sp³-hybridized carbons (Fsp3) is 0.500. The SMILES string of the molecule is FC(F)(F)OC1[CH]OC=N1. The Kier molecular flexibility index (Phi) is 1.80. The molecule has 0 amide bonds. The molecule has 1 aliphatic rings. The minimum atomic E-state index is -4.66. The van der Waals surface area contributed by atoms with Gasteiger partial charge < -0.3 is 4.74 Å². The summed E-state index contributed by atoms with van der Waals surface area (Å²) in [5.41, 5.74) is 0. The van der Waals surface area contributed by atoms with Gasteiger partial charge in [0.1, 0.15) is 0 Å². The van der Waals surface area contributed by atoms with Gasteiger partial charge in [0, 0.05) is 0 Å². The van der Waals surface area contributed by atoms with Gasteiger partial charge in [-0.05, 0) is 0 Å². The molecule has 0 aromatic heterocycles. The fourth-order valence-electron chi connectivity index (χ4n) is 0.428. The van der Waals surface area contributed by atoms with Gasteiger partial charge in [-0.1, -0.05) is 0 Å². The first-order chi connectivity index (χ1) is 4.58. The molecule has 10 heavy (non-hydrogen) atoms. The maximum Gasteiger partial charge on any atom is 0.524 e. The van der Waals surface area contributed by atoms with Crippen molar-refractivity contribution in [3.8, 4) is 0 Å². The van der Waals surface area contributed by atoms with Gasteiger partial charge in [0.2, 0.25) is 6.23 Å². The normalized spacial score (nSPS) is 24.9. The topological polar surface area (TPSA) is 30.8 Å². The Hall–Kier alpha value is -0.780. The Bertz CT molecular complexity index is 144. The smallest absolute Gasteiger partial charge is 0.471 e. The van der Waals surface area contributed by atoms with Crippen LogP contribution in [0.2, 0.25) is 0 Å². The number of nitrogens with zero attached hydrogens (tertiary/aromatic N) is 1. The molecule has 0 aromatic carbocycles. The van der Waals surface area contributed by atoms with E-state index in [0.29, 0.717) is 0 Å². The van der Waals surface area contributed by atoms with Gasteiger partial charge in [0.05, 0.1) is 0 Å². The third kappa shape index (κ3) is 2.22. The van der Waals surface area contributed by atoms with Crippen LogP contribution in [-0.4, -0.2) is 19.0 Å².